The first-order chi connectivity index (χ1) is 10.7. The fraction of sp³-hybridized carbons (Fsp3) is 0.235. The van der Waals surface area contributed by atoms with E-state index < -0.39 is 24.2 Å². The van der Waals surface area contributed by atoms with Gasteiger partial charge in [-0.25, -0.2) is 0 Å². The van der Waals surface area contributed by atoms with Crippen LogP contribution in [0, 0.1) is 6.92 Å². The van der Waals surface area contributed by atoms with Crippen molar-refractivity contribution in [3.8, 4) is 0 Å². The van der Waals surface area contributed by atoms with Crippen molar-refractivity contribution in [1.29, 1.82) is 0 Å². The molecule has 0 saturated heterocycles. The molecule has 0 bridgehead atoms. The summed E-state index contributed by atoms with van der Waals surface area (Å²) >= 11 is 0. The van der Waals surface area contributed by atoms with Gasteiger partial charge in [0.05, 0.1) is 6.54 Å². The second kappa shape index (κ2) is 6.42. The molecule has 0 aliphatic carbocycles. The Labute approximate surface area is 131 Å². The molecule has 0 fully saturated rings. The number of nitrogens with one attached hydrogen (secondary N) is 1. The second-order valence-electron chi connectivity index (χ2n) is 5.28. The number of rotatable bonds is 4. The fourth-order valence-corrected chi connectivity index (χ4v) is 2.18. The zero-order valence-corrected chi connectivity index (χ0v) is 12.4. The molecule has 0 aliphatic heterocycles. The standard InChI is InChI=1S/C17H16F3NO2/c1-12-6-5-7-13(10-12)15(22)21-11-16(23,17(18,19)20)14-8-3-2-4-9-14/h2-10,23H,11H2,1H3,(H,21,22). The summed E-state index contributed by atoms with van der Waals surface area (Å²) in [6, 6.07) is 13.2. The number of benzene rings is 2. The largest absolute Gasteiger partial charge is 0.423 e. The molecule has 3 nitrogen and oxygen atoms in total. The molecule has 1 atom stereocenters. The van der Waals surface area contributed by atoms with Gasteiger partial charge in [-0.1, -0.05) is 48.0 Å². The molecule has 6 heteroatoms. The highest BCUT2D eigenvalue weighted by molar-refractivity contribution is 5.94. The quantitative estimate of drug-likeness (QED) is 0.908. The van der Waals surface area contributed by atoms with Crippen LogP contribution >= 0.6 is 0 Å². The maximum absolute atomic E-state index is 13.3. The molecule has 1 unspecified atom stereocenters. The van der Waals surface area contributed by atoms with Gasteiger partial charge in [0.1, 0.15) is 0 Å². The summed E-state index contributed by atoms with van der Waals surface area (Å²) in [6.07, 6.45) is -4.92. The van der Waals surface area contributed by atoms with E-state index in [2.05, 4.69) is 5.32 Å². The third-order valence-corrected chi connectivity index (χ3v) is 3.51. The van der Waals surface area contributed by atoms with Crippen LogP contribution < -0.4 is 5.32 Å². The molecule has 122 valence electrons. The van der Waals surface area contributed by atoms with Crippen LogP contribution in [0.15, 0.2) is 54.6 Å². The first-order valence-electron chi connectivity index (χ1n) is 6.93. The van der Waals surface area contributed by atoms with E-state index in [-0.39, 0.29) is 11.1 Å². The molecule has 0 saturated carbocycles. The maximum Gasteiger partial charge on any atom is 0.423 e. The molecule has 0 aliphatic rings. The zero-order valence-electron chi connectivity index (χ0n) is 12.4. The summed E-state index contributed by atoms with van der Waals surface area (Å²) in [6.45, 7) is 0.806. The summed E-state index contributed by atoms with van der Waals surface area (Å²) in [5, 5.41) is 12.3. The van der Waals surface area contributed by atoms with Crippen molar-refractivity contribution in [3.63, 3.8) is 0 Å². The average molecular weight is 323 g/mol. The lowest BCUT2D eigenvalue weighted by Crippen LogP contribution is -2.51. The predicted molar refractivity (Wildman–Crippen MR) is 79.9 cm³/mol. The van der Waals surface area contributed by atoms with E-state index in [9.17, 15) is 23.1 Å². The lowest BCUT2D eigenvalue weighted by atomic mass is 9.93. The van der Waals surface area contributed by atoms with Gasteiger partial charge in [-0.15, -0.1) is 0 Å². The molecule has 23 heavy (non-hydrogen) atoms. The van der Waals surface area contributed by atoms with Gasteiger partial charge in [0, 0.05) is 5.56 Å². The van der Waals surface area contributed by atoms with Crippen molar-refractivity contribution >= 4 is 5.91 Å². The zero-order chi connectivity index (χ0) is 17.1. The predicted octanol–water partition coefficient (Wildman–Crippen LogP) is 3.17. The van der Waals surface area contributed by atoms with Crippen LogP contribution in [0.1, 0.15) is 21.5 Å². The molecular formula is C17H16F3NO2. The third-order valence-electron chi connectivity index (χ3n) is 3.51. The van der Waals surface area contributed by atoms with Crippen molar-refractivity contribution in [2.24, 2.45) is 0 Å². The molecule has 0 radical (unpaired) electrons. The Bertz CT molecular complexity index is 686. The number of amides is 1. The Morgan fingerprint density at radius 3 is 2.30 bits per heavy atom. The summed E-state index contributed by atoms with van der Waals surface area (Å²) in [5.74, 6) is -0.674. The van der Waals surface area contributed by atoms with Crippen LogP contribution in [0.5, 0.6) is 0 Å². The smallest absolute Gasteiger partial charge is 0.375 e. The first kappa shape index (κ1) is 17.0. The SMILES string of the molecule is Cc1cccc(C(=O)NCC(O)(c2ccccc2)C(F)(F)F)c1. The Kier molecular flexibility index (Phi) is 4.75. The molecular weight excluding hydrogens is 307 g/mol. The molecule has 1 amide bonds. The number of hydrogen-bond donors (Lipinski definition) is 2. The summed E-state index contributed by atoms with van der Waals surface area (Å²) in [7, 11) is 0. The molecule has 2 N–H and O–H groups in total. The Hall–Kier alpha value is -2.34. The van der Waals surface area contributed by atoms with E-state index in [1.54, 1.807) is 31.2 Å². The number of alkyl halides is 3. The highest BCUT2D eigenvalue weighted by Gasteiger charge is 2.55. The third kappa shape index (κ3) is 3.71. The van der Waals surface area contributed by atoms with E-state index in [1.165, 1.54) is 30.3 Å². The number of aliphatic hydroxyl groups is 1. The monoisotopic (exact) mass is 323 g/mol. The van der Waals surface area contributed by atoms with Gasteiger partial charge in [0.25, 0.3) is 5.91 Å². The van der Waals surface area contributed by atoms with Gasteiger partial charge in [-0.05, 0) is 24.6 Å². The molecule has 0 aromatic heterocycles. The van der Waals surface area contributed by atoms with Crippen LogP contribution in [0.25, 0.3) is 0 Å². The van der Waals surface area contributed by atoms with Crippen LogP contribution in [-0.2, 0) is 5.60 Å². The molecule has 0 heterocycles. The second-order valence-corrected chi connectivity index (χ2v) is 5.28. The number of carbonyl (C=O) groups excluding carboxylic acids is 1. The molecule has 2 aromatic rings. The van der Waals surface area contributed by atoms with E-state index in [4.69, 9.17) is 0 Å². The highest BCUT2D eigenvalue weighted by Crippen LogP contribution is 2.38. The van der Waals surface area contributed by atoms with Crippen molar-refractivity contribution in [3.05, 3.63) is 71.3 Å². The normalized spacial score (nSPS) is 14.1. The summed E-state index contributed by atoms with van der Waals surface area (Å²) in [4.78, 5) is 12.0. The number of hydrogen-bond acceptors (Lipinski definition) is 2. The summed E-state index contributed by atoms with van der Waals surface area (Å²) < 4.78 is 39.9. The first-order valence-corrected chi connectivity index (χ1v) is 6.93. The average Bonchev–Trinajstić information content (AvgIpc) is 2.52. The van der Waals surface area contributed by atoms with Crippen molar-refractivity contribution in [2.75, 3.05) is 6.54 Å². The van der Waals surface area contributed by atoms with Crippen LogP contribution in [0.2, 0.25) is 0 Å². The number of carbonyl (C=O) groups is 1. The minimum Gasteiger partial charge on any atom is -0.375 e. The minimum atomic E-state index is -4.92. The lowest BCUT2D eigenvalue weighted by molar-refractivity contribution is -0.263. The van der Waals surface area contributed by atoms with E-state index in [0.29, 0.717) is 0 Å². The van der Waals surface area contributed by atoms with Crippen LogP contribution in [0.4, 0.5) is 13.2 Å². The van der Waals surface area contributed by atoms with Gasteiger partial charge < -0.3 is 10.4 Å². The maximum atomic E-state index is 13.3. The Balaban J connectivity index is 2.22. The molecule has 0 spiro atoms. The van der Waals surface area contributed by atoms with Crippen molar-refractivity contribution in [1.82, 2.24) is 5.32 Å². The number of aryl methyl sites for hydroxylation is 1. The van der Waals surface area contributed by atoms with Crippen molar-refractivity contribution < 1.29 is 23.1 Å². The van der Waals surface area contributed by atoms with Crippen molar-refractivity contribution in [2.45, 2.75) is 18.7 Å². The fourth-order valence-electron chi connectivity index (χ4n) is 2.18. The van der Waals surface area contributed by atoms with Gasteiger partial charge in [0.15, 0.2) is 0 Å². The van der Waals surface area contributed by atoms with Gasteiger partial charge in [-0.2, -0.15) is 13.2 Å². The van der Waals surface area contributed by atoms with Crippen LogP contribution in [0.3, 0.4) is 0 Å². The molecule has 2 aromatic carbocycles. The van der Waals surface area contributed by atoms with Crippen LogP contribution in [-0.4, -0.2) is 23.7 Å². The Morgan fingerprint density at radius 2 is 1.74 bits per heavy atom. The highest BCUT2D eigenvalue weighted by atomic mass is 19.4. The van der Waals surface area contributed by atoms with Gasteiger partial charge in [0.2, 0.25) is 5.60 Å². The van der Waals surface area contributed by atoms with E-state index in [1.807, 2.05) is 0 Å². The topological polar surface area (TPSA) is 49.3 Å². The Morgan fingerprint density at radius 1 is 1.09 bits per heavy atom. The van der Waals surface area contributed by atoms with E-state index in [0.717, 1.165) is 5.56 Å². The number of halogens is 3. The van der Waals surface area contributed by atoms with Gasteiger partial charge in [-0.3, -0.25) is 4.79 Å². The summed E-state index contributed by atoms with van der Waals surface area (Å²) in [5.41, 5.74) is -2.42. The molecule has 2 rings (SSSR count). The minimum absolute atomic E-state index is 0.239. The van der Waals surface area contributed by atoms with Gasteiger partial charge >= 0.3 is 6.18 Å². The van der Waals surface area contributed by atoms with E-state index >= 15 is 0 Å². The lowest BCUT2D eigenvalue weighted by Gasteiger charge is -2.31.